The van der Waals surface area contributed by atoms with Crippen LogP contribution in [0.1, 0.15) is 82.0 Å². The number of amides is 1. The van der Waals surface area contributed by atoms with Gasteiger partial charge in [-0.25, -0.2) is 9.67 Å². The maximum atomic E-state index is 13.2. The van der Waals surface area contributed by atoms with Crippen molar-refractivity contribution in [3.63, 3.8) is 0 Å². The summed E-state index contributed by atoms with van der Waals surface area (Å²) in [4.78, 5) is 18.1. The van der Waals surface area contributed by atoms with Crippen LogP contribution < -0.4 is 10.6 Å². The van der Waals surface area contributed by atoms with Crippen molar-refractivity contribution in [3.8, 4) is 0 Å². The third-order valence-electron chi connectivity index (χ3n) is 5.79. The molecule has 0 saturated carbocycles. The highest BCUT2D eigenvalue weighted by atomic mass is 16.1. The first-order valence-corrected chi connectivity index (χ1v) is 10.4. The zero-order valence-corrected chi connectivity index (χ0v) is 18.4. The van der Waals surface area contributed by atoms with Gasteiger partial charge in [-0.05, 0) is 71.0 Å². The van der Waals surface area contributed by atoms with Crippen LogP contribution in [0.4, 0.5) is 0 Å². The van der Waals surface area contributed by atoms with Gasteiger partial charge in [-0.15, -0.1) is 0 Å². The Morgan fingerprint density at radius 2 is 1.96 bits per heavy atom. The monoisotopic (exact) mass is 385 g/mol. The van der Waals surface area contributed by atoms with Crippen LogP contribution in [-0.2, 0) is 5.54 Å². The van der Waals surface area contributed by atoms with Crippen LogP contribution in [0.2, 0.25) is 0 Å². The molecule has 0 atom stereocenters. The standard InChI is InChI=1S/C22H35N5O/c1-14(2)17-12-16(20(28)24-13-22(7)8-10-23-11-9-22)18-15(3)26-27(19(18)25-17)21(4,5)6/h12,14,23H,8-11,13H2,1-7H3,(H,24,28). The number of nitrogens with zero attached hydrogens (tertiary/aromatic N) is 3. The molecule has 28 heavy (non-hydrogen) atoms. The Kier molecular flexibility index (Phi) is 5.54. The summed E-state index contributed by atoms with van der Waals surface area (Å²) >= 11 is 0. The van der Waals surface area contributed by atoms with E-state index in [9.17, 15) is 4.79 Å². The number of aryl methyl sites for hydroxylation is 1. The highest BCUT2D eigenvalue weighted by Crippen LogP contribution is 2.30. The fourth-order valence-electron chi connectivity index (χ4n) is 3.85. The number of hydrogen-bond acceptors (Lipinski definition) is 4. The highest BCUT2D eigenvalue weighted by molar-refractivity contribution is 6.06. The first-order chi connectivity index (χ1) is 13.0. The van der Waals surface area contributed by atoms with Crippen molar-refractivity contribution in [2.24, 2.45) is 5.41 Å². The number of fused-ring (bicyclic) bond motifs is 1. The van der Waals surface area contributed by atoms with Gasteiger partial charge in [0, 0.05) is 12.2 Å². The van der Waals surface area contributed by atoms with E-state index in [0.29, 0.717) is 12.1 Å². The number of carbonyl (C=O) groups is 1. The normalized spacial score (nSPS) is 17.3. The maximum absolute atomic E-state index is 13.2. The number of rotatable bonds is 4. The summed E-state index contributed by atoms with van der Waals surface area (Å²) in [5.41, 5.74) is 3.22. The summed E-state index contributed by atoms with van der Waals surface area (Å²) in [5.74, 6) is 0.215. The Bertz CT molecular complexity index is 869. The van der Waals surface area contributed by atoms with Crippen LogP contribution in [0.15, 0.2) is 6.07 Å². The van der Waals surface area contributed by atoms with E-state index in [4.69, 9.17) is 10.1 Å². The molecule has 2 N–H and O–H groups in total. The fourth-order valence-corrected chi connectivity index (χ4v) is 3.85. The van der Waals surface area contributed by atoms with Crippen molar-refractivity contribution in [3.05, 3.63) is 23.0 Å². The van der Waals surface area contributed by atoms with E-state index < -0.39 is 0 Å². The van der Waals surface area contributed by atoms with Crippen molar-refractivity contribution < 1.29 is 4.79 Å². The number of aromatic nitrogens is 3. The minimum Gasteiger partial charge on any atom is -0.351 e. The molecule has 154 valence electrons. The molecule has 1 amide bonds. The number of nitrogens with one attached hydrogen (secondary N) is 2. The fraction of sp³-hybridized carbons (Fsp3) is 0.682. The van der Waals surface area contributed by atoms with Gasteiger partial charge in [-0.1, -0.05) is 20.8 Å². The van der Waals surface area contributed by atoms with Gasteiger partial charge in [0.25, 0.3) is 5.91 Å². The van der Waals surface area contributed by atoms with Crippen LogP contribution in [0.25, 0.3) is 11.0 Å². The van der Waals surface area contributed by atoms with Crippen LogP contribution in [0.3, 0.4) is 0 Å². The largest absolute Gasteiger partial charge is 0.351 e. The molecule has 2 aromatic heterocycles. The smallest absolute Gasteiger partial charge is 0.252 e. The lowest BCUT2D eigenvalue weighted by Crippen LogP contribution is -2.43. The molecule has 0 unspecified atom stereocenters. The minimum absolute atomic E-state index is 0.0226. The van der Waals surface area contributed by atoms with Gasteiger partial charge in [0.1, 0.15) is 0 Å². The van der Waals surface area contributed by atoms with Gasteiger partial charge in [0.15, 0.2) is 5.65 Å². The van der Waals surface area contributed by atoms with Crippen LogP contribution >= 0.6 is 0 Å². The maximum Gasteiger partial charge on any atom is 0.252 e. The molecule has 6 heteroatoms. The van der Waals surface area contributed by atoms with Crippen LogP contribution in [0, 0.1) is 12.3 Å². The van der Waals surface area contributed by atoms with E-state index in [1.807, 2.05) is 17.7 Å². The second-order valence-electron chi connectivity index (χ2n) is 9.86. The quantitative estimate of drug-likeness (QED) is 0.841. The summed E-state index contributed by atoms with van der Waals surface area (Å²) < 4.78 is 1.95. The first-order valence-electron chi connectivity index (χ1n) is 10.4. The van der Waals surface area contributed by atoms with Gasteiger partial charge in [-0.3, -0.25) is 4.79 Å². The molecular formula is C22H35N5O. The molecule has 3 rings (SSSR count). The lowest BCUT2D eigenvalue weighted by Gasteiger charge is -2.34. The Morgan fingerprint density at radius 3 is 2.54 bits per heavy atom. The predicted molar refractivity (Wildman–Crippen MR) is 114 cm³/mol. The van der Waals surface area contributed by atoms with E-state index in [1.165, 1.54) is 0 Å². The van der Waals surface area contributed by atoms with Crippen LogP contribution in [-0.4, -0.2) is 40.3 Å². The van der Waals surface area contributed by atoms with Crippen molar-refractivity contribution in [1.82, 2.24) is 25.4 Å². The SMILES string of the molecule is Cc1nn(C(C)(C)C)c2nc(C(C)C)cc(C(=O)NCC3(C)CCNCC3)c12. The average molecular weight is 386 g/mol. The summed E-state index contributed by atoms with van der Waals surface area (Å²) in [6, 6.07) is 1.95. The van der Waals surface area contributed by atoms with E-state index in [1.54, 1.807) is 0 Å². The van der Waals surface area contributed by atoms with E-state index in [2.05, 4.69) is 52.2 Å². The van der Waals surface area contributed by atoms with E-state index in [0.717, 1.165) is 48.4 Å². The number of pyridine rings is 1. The van der Waals surface area contributed by atoms with Crippen molar-refractivity contribution >= 4 is 16.9 Å². The summed E-state index contributed by atoms with van der Waals surface area (Å²) in [6.45, 7) is 17.5. The molecule has 1 saturated heterocycles. The molecule has 0 bridgehead atoms. The number of hydrogen-bond donors (Lipinski definition) is 2. The third kappa shape index (κ3) is 4.07. The highest BCUT2D eigenvalue weighted by Gasteiger charge is 2.29. The average Bonchev–Trinajstić information content (AvgIpc) is 2.97. The second-order valence-corrected chi connectivity index (χ2v) is 9.86. The lowest BCUT2D eigenvalue weighted by atomic mass is 9.81. The number of carbonyl (C=O) groups excluding carboxylic acids is 1. The van der Waals surface area contributed by atoms with Crippen molar-refractivity contribution in [2.45, 2.75) is 72.8 Å². The molecule has 3 heterocycles. The van der Waals surface area contributed by atoms with E-state index in [-0.39, 0.29) is 22.8 Å². The first kappa shape index (κ1) is 20.8. The van der Waals surface area contributed by atoms with Gasteiger partial charge in [-0.2, -0.15) is 5.10 Å². The molecule has 1 aliphatic rings. The third-order valence-corrected chi connectivity index (χ3v) is 5.79. The Morgan fingerprint density at radius 1 is 1.32 bits per heavy atom. The molecule has 2 aromatic rings. The molecule has 0 aliphatic carbocycles. The topological polar surface area (TPSA) is 71.8 Å². The molecule has 1 fully saturated rings. The van der Waals surface area contributed by atoms with Gasteiger partial charge in [0.2, 0.25) is 0 Å². The van der Waals surface area contributed by atoms with Gasteiger partial charge < -0.3 is 10.6 Å². The summed E-state index contributed by atoms with van der Waals surface area (Å²) in [6.07, 6.45) is 2.16. The molecular weight excluding hydrogens is 350 g/mol. The van der Waals surface area contributed by atoms with Crippen molar-refractivity contribution in [2.75, 3.05) is 19.6 Å². The zero-order chi connectivity index (χ0) is 20.7. The second kappa shape index (κ2) is 7.47. The van der Waals surface area contributed by atoms with Gasteiger partial charge in [0.05, 0.1) is 22.2 Å². The van der Waals surface area contributed by atoms with E-state index >= 15 is 0 Å². The predicted octanol–water partition coefficient (Wildman–Crippen LogP) is 3.74. The van der Waals surface area contributed by atoms with Gasteiger partial charge >= 0.3 is 0 Å². The molecule has 1 aliphatic heterocycles. The summed E-state index contributed by atoms with van der Waals surface area (Å²) in [7, 11) is 0. The minimum atomic E-state index is -0.203. The van der Waals surface area contributed by atoms with Crippen LogP contribution in [0.5, 0.6) is 0 Å². The Hall–Kier alpha value is -1.95. The lowest BCUT2D eigenvalue weighted by molar-refractivity contribution is 0.0923. The number of piperidine rings is 1. The molecule has 0 spiro atoms. The Labute approximate surface area is 168 Å². The zero-order valence-electron chi connectivity index (χ0n) is 18.4. The molecule has 0 aromatic carbocycles. The molecule has 0 radical (unpaired) electrons. The molecule has 6 nitrogen and oxygen atoms in total. The Balaban J connectivity index is 2.01. The summed E-state index contributed by atoms with van der Waals surface area (Å²) in [5, 5.41) is 12.2. The van der Waals surface area contributed by atoms with Crippen molar-refractivity contribution in [1.29, 1.82) is 0 Å².